The van der Waals surface area contributed by atoms with Gasteiger partial charge in [-0.1, -0.05) is 35.0 Å². The van der Waals surface area contributed by atoms with Crippen LogP contribution < -0.4 is 5.73 Å². The molecule has 1 heterocycles. The van der Waals surface area contributed by atoms with Gasteiger partial charge in [0.2, 0.25) is 0 Å². The maximum atomic E-state index is 12.5. The highest BCUT2D eigenvalue weighted by Gasteiger charge is 2.18. The van der Waals surface area contributed by atoms with E-state index in [1.807, 2.05) is 32.0 Å². The van der Waals surface area contributed by atoms with E-state index in [-0.39, 0.29) is 5.91 Å². The van der Waals surface area contributed by atoms with Crippen molar-refractivity contribution in [2.75, 3.05) is 13.1 Å². The number of carbonyl (C=O) groups is 1. The maximum Gasteiger partial charge on any atom is 0.276 e. The highest BCUT2D eigenvalue weighted by molar-refractivity contribution is 5.91. The number of aryl methyl sites for hydroxylation is 1. The van der Waals surface area contributed by atoms with Crippen molar-refractivity contribution in [1.82, 2.24) is 19.9 Å². The second kappa shape index (κ2) is 6.99. The molecule has 2 rings (SSSR count). The van der Waals surface area contributed by atoms with Crippen LogP contribution in [0.3, 0.4) is 0 Å². The van der Waals surface area contributed by atoms with Crippen LogP contribution in [0.4, 0.5) is 0 Å². The average molecular weight is 287 g/mol. The Hall–Kier alpha value is -2.21. The minimum Gasteiger partial charge on any atom is -0.333 e. The van der Waals surface area contributed by atoms with Crippen LogP contribution in [0.1, 0.15) is 28.5 Å². The number of nitrogens with two attached hydrogens (primary N) is 1. The largest absolute Gasteiger partial charge is 0.333 e. The Morgan fingerprint density at radius 1 is 1.43 bits per heavy atom. The lowest BCUT2D eigenvalue weighted by Gasteiger charge is -2.19. The standard InChI is InChI=1S/C15H21N5O/c1-3-19(10-13-6-4-5-12(2)9-13)15(21)14-11-20(8-7-16)18-17-14/h4-6,9,11H,3,7-8,10,16H2,1-2H3. The third kappa shape index (κ3) is 3.88. The summed E-state index contributed by atoms with van der Waals surface area (Å²) in [6.45, 7) is 6.22. The Kier molecular flexibility index (Phi) is 5.05. The lowest BCUT2D eigenvalue weighted by Crippen LogP contribution is -2.30. The van der Waals surface area contributed by atoms with Crippen LogP contribution in [0, 0.1) is 6.92 Å². The third-order valence-electron chi connectivity index (χ3n) is 3.24. The van der Waals surface area contributed by atoms with E-state index in [2.05, 4.69) is 16.4 Å². The summed E-state index contributed by atoms with van der Waals surface area (Å²) in [7, 11) is 0. The zero-order chi connectivity index (χ0) is 15.2. The van der Waals surface area contributed by atoms with Crippen molar-refractivity contribution >= 4 is 5.91 Å². The van der Waals surface area contributed by atoms with Crippen LogP contribution in [0.15, 0.2) is 30.5 Å². The molecule has 6 heteroatoms. The molecule has 0 saturated carbocycles. The van der Waals surface area contributed by atoms with Gasteiger partial charge >= 0.3 is 0 Å². The first kappa shape index (κ1) is 15.2. The van der Waals surface area contributed by atoms with E-state index in [9.17, 15) is 4.79 Å². The van der Waals surface area contributed by atoms with Crippen LogP contribution >= 0.6 is 0 Å². The number of nitrogens with zero attached hydrogens (tertiary/aromatic N) is 4. The average Bonchev–Trinajstić information content (AvgIpc) is 2.93. The van der Waals surface area contributed by atoms with Gasteiger partial charge in [0.05, 0.1) is 12.7 Å². The fraction of sp³-hybridized carbons (Fsp3) is 0.400. The normalized spacial score (nSPS) is 10.6. The topological polar surface area (TPSA) is 77.0 Å². The highest BCUT2D eigenvalue weighted by atomic mass is 16.2. The molecule has 0 unspecified atom stereocenters. The molecule has 1 aromatic carbocycles. The lowest BCUT2D eigenvalue weighted by atomic mass is 10.1. The number of carbonyl (C=O) groups excluding carboxylic acids is 1. The van der Waals surface area contributed by atoms with E-state index in [4.69, 9.17) is 5.73 Å². The summed E-state index contributed by atoms with van der Waals surface area (Å²) in [5.74, 6) is -0.109. The number of amides is 1. The molecule has 2 aromatic rings. The van der Waals surface area contributed by atoms with Crippen molar-refractivity contribution in [3.05, 3.63) is 47.3 Å². The number of hydrogen-bond donors (Lipinski definition) is 1. The van der Waals surface area contributed by atoms with E-state index in [1.165, 1.54) is 5.56 Å². The summed E-state index contributed by atoms with van der Waals surface area (Å²) in [6, 6.07) is 8.15. The summed E-state index contributed by atoms with van der Waals surface area (Å²) in [6.07, 6.45) is 1.65. The Morgan fingerprint density at radius 3 is 2.90 bits per heavy atom. The van der Waals surface area contributed by atoms with E-state index in [0.717, 1.165) is 5.56 Å². The molecule has 0 aliphatic heterocycles. The zero-order valence-electron chi connectivity index (χ0n) is 12.5. The van der Waals surface area contributed by atoms with E-state index in [0.29, 0.717) is 31.9 Å². The van der Waals surface area contributed by atoms with E-state index >= 15 is 0 Å². The van der Waals surface area contributed by atoms with Crippen molar-refractivity contribution in [2.45, 2.75) is 26.9 Å². The van der Waals surface area contributed by atoms with Crippen molar-refractivity contribution in [3.8, 4) is 0 Å². The fourth-order valence-corrected chi connectivity index (χ4v) is 2.16. The molecule has 0 atom stereocenters. The summed E-state index contributed by atoms with van der Waals surface area (Å²) < 4.78 is 1.59. The molecular formula is C15H21N5O. The molecule has 0 spiro atoms. The molecule has 6 nitrogen and oxygen atoms in total. The minimum absolute atomic E-state index is 0.109. The number of hydrogen-bond acceptors (Lipinski definition) is 4. The predicted molar refractivity (Wildman–Crippen MR) is 80.7 cm³/mol. The molecule has 0 bridgehead atoms. The van der Waals surface area contributed by atoms with Crippen LogP contribution in [0.2, 0.25) is 0 Å². The SMILES string of the molecule is CCN(Cc1cccc(C)c1)C(=O)c1cn(CCN)nn1. The molecule has 1 aromatic heterocycles. The Labute approximate surface area is 124 Å². The van der Waals surface area contributed by atoms with Gasteiger partial charge in [0.1, 0.15) is 0 Å². The van der Waals surface area contributed by atoms with Gasteiger partial charge in [-0.25, -0.2) is 0 Å². The van der Waals surface area contributed by atoms with Crippen molar-refractivity contribution < 1.29 is 4.79 Å². The Morgan fingerprint density at radius 2 is 2.24 bits per heavy atom. The predicted octanol–water partition coefficient (Wildman–Crippen LogP) is 1.21. The van der Waals surface area contributed by atoms with Crippen LogP contribution in [-0.4, -0.2) is 38.9 Å². The smallest absolute Gasteiger partial charge is 0.276 e. The lowest BCUT2D eigenvalue weighted by molar-refractivity contribution is 0.0746. The molecule has 0 aliphatic rings. The fourth-order valence-electron chi connectivity index (χ4n) is 2.16. The molecule has 0 saturated heterocycles. The van der Waals surface area contributed by atoms with Gasteiger partial charge in [-0.15, -0.1) is 5.10 Å². The second-order valence-electron chi connectivity index (χ2n) is 4.96. The zero-order valence-corrected chi connectivity index (χ0v) is 12.5. The molecule has 1 amide bonds. The van der Waals surface area contributed by atoms with Crippen LogP contribution in [0.25, 0.3) is 0 Å². The van der Waals surface area contributed by atoms with Gasteiger partial charge in [0.25, 0.3) is 5.91 Å². The molecule has 112 valence electrons. The van der Waals surface area contributed by atoms with Gasteiger partial charge < -0.3 is 10.6 Å². The summed E-state index contributed by atoms with van der Waals surface area (Å²) >= 11 is 0. The van der Waals surface area contributed by atoms with Crippen LogP contribution in [0.5, 0.6) is 0 Å². The maximum absolute atomic E-state index is 12.5. The Balaban J connectivity index is 2.10. The van der Waals surface area contributed by atoms with Gasteiger partial charge in [0, 0.05) is 19.6 Å². The second-order valence-corrected chi connectivity index (χ2v) is 4.96. The Bertz CT molecular complexity index is 608. The van der Waals surface area contributed by atoms with Gasteiger partial charge in [-0.3, -0.25) is 9.48 Å². The number of rotatable bonds is 6. The molecule has 0 fully saturated rings. The summed E-state index contributed by atoms with van der Waals surface area (Å²) in [5.41, 5.74) is 8.12. The highest BCUT2D eigenvalue weighted by Crippen LogP contribution is 2.10. The number of aromatic nitrogens is 3. The van der Waals surface area contributed by atoms with Gasteiger partial charge in [-0.2, -0.15) is 0 Å². The quantitative estimate of drug-likeness (QED) is 0.866. The third-order valence-corrected chi connectivity index (χ3v) is 3.24. The molecule has 2 N–H and O–H groups in total. The first-order valence-corrected chi connectivity index (χ1v) is 7.09. The molecule has 0 aliphatic carbocycles. The van der Waals surface area contributed by atoms with Crippen LogP contribution in [-0.2, 0) is 13.1 Å². The van der Waals surface area contributed by atoms with Gasteiger partial charge in [-0.05, 0) is 19.4 Å². The van der Waals surface area contributed by atoms with Crippen molar-refractivity contribution in [3.63, 3.8) is 0 Å². The molecule has 21 heavy (non-hydrogen) atoms. The minimum atomic E-state index is -0.109. The van der Waals surface area contributed by atoms with E-state index < -0.39 is 0 Å². The molecular weight excluding hydrogens is 266 g/mol. The summed E-state index contributed by atoms with van der Waals surface area (Å²) in [5, 5.41) is 7.83. The van der Waals surface area contributed by atoms with E-state index in [1.54, 1.807) is 15.8 Å². The monoisotopic (exact) mass is 287 g/mol. The first-order chi connectivity index (χ1) is 10.1. The first-order valence-electron chi connectivity index (χ1n) is 7.09. The molecule has 0 radical (unpaired) electrons. The number of benzene rings is 1. The van der Waals surface area contributed by atoms with Crippen molar-refractivity contribution in [2.24, 2.45) is 5.73 Å². The van der Waals surface area contributed by atoms with Crippen molar-refractivity contribution in [1.29, 1.82) is 0 Å². The summed E-state index contributed by atoms with van der Waals surface area (Å²) in [4.78, 5) is 14.2. The van der Waals surface area contributed by atoms with Gasteiger partial charge in [0.15, 0.2) is 5.69 Å².